The minimum absolute atomic E-state index is 0.162. The van der Waals surface area contributed by atoms with E-state index in [0.717, 1.165) is 12.8 Å². The second-order valence-corrected chi connectivity index (χ2v) is 7.38. The molecular weight excluding hydrogens is 302 g/mol. The van der Waals surface area contributed by atoms with Gasteiger partial charge in [0.2, 0.25) is 10.0 Å². The highest BCUT2D eigenvalue weighted by molar-refractivity contribution is 7.89. The summed E-state index contributed by atoms with van der Waals surface area (Å²) in [5.41, 5.74) is 0. The first-order valence-corrected chi connectivity index (χ1v) is 9.35. The maximum Gasteiger partial charge on any atom is 0.241 e. The van der Waals surface area contributed by atoms with Crippen LogP contribution in [0.15, 0.2) is 23.2 Å². The Kier molecular flexibility index (Phi) is 6.60. The van der Waals surface area contributed by atoms with Crippen molar-refractivity contribution >= 4 is 15.8 Å². The van der Waals surface area contributed by atoms with Gasteiger partial charge in [-0.3, -0.25) is 0 Å². The number of aromatic nitrogens is 1. The molecule has 124 valence electrons. The maximum absolute atomic E-state index is 11.6. The van der Waals surface area contributed by atoms with Crippen LogP contribution < -0.4 is 10.0 Å². The molecule has 2 rings (SSSR count). The third kappa shape index (κ3) is 5.23. The van der Waals surface area contributed by atoms with Gasteiger partial charge in [-0.1, -0.05) is 25.7 Å². The highest BCUT2D eigenvalue weighted by Crippen LogP contribution is 2.19. The molecule has 6 nitrogen and oxygen atoms in total. The predicted molar refractivity (Wildman–Crippen MR) is 86.4 cm³/mol. The molecule has 0 atom stereocenters. The lowest BCUT2D eigenvalue weighted by Crippen LogP contribution is -2.19. The van der Waals surface area contributed by atoms with Crippen LogP contribution in [0.2, 0.25) is 0 Å². The summed E-state index contributed by atoms with van der Waals surface area (Å²) in [5.74, 6) is 0.652. The van der Waals surface area contributed by atoms with Gasteiger partial charge in [-0.2, -0.15) is 0 Å². The van der Waals surface area contributed by atoms with Crippen LogP contribution in [0, 0.1) is 0 Å². The lowest BCUT2D eigenvalue weighted by atomic mass is 10.1. The van der Waals surface area contributed by atoms with Gasteiger partial charge in [-0.15, -0.1) is 0 Å². The molecule has 1 aliphatic rings. The molecule has 22 heavy (non-hydrogen) atoms. The van der Waals surface area contributed by atoms with Crippen molar-refractivity contribution in [2.45, 2.75) is 49.5 Å². The molecule has 1 fully saturated rings. The fraction of sp³-hybridized carbons (Fsp3) is 0.667. The van der Waals surface area contributed by atoms with E-state index in [0.29, 0.717) is 25.1 Å². The molecule has 1 aliphatic carbocycles. The Bertz CT molecular complexity index is 538. The number of rotatable bonds is 7. The summed E-state index contributed by atoms with van der Waals surface area (Å²) in [6.45, 7) is 1.31. The van der Waals surface area contributed by atoms with Gasteiger partial charge in [0.05, 0.1) is 12.7 Å². The Hall–Kier alpha value is -1.18. The molecule has 1 saturated carbocycles. The van der Waals surface area contributed by atoms with E-state index < -0.39 is 10.0 Å². The Morgan fingerprint density at radius 3 is 2.55 bits per heavy atom. The van der Waals surface area contributed by atoms with Gasteiger partial charge in [0.1, 0.15) is 10.7 Å². The number of nitrogens with one attached hydrogen (secondary N) is 2. The number of ether oxygens (including phenoxy) is 1. The van der Waals surface area contributed by atoms with Crippen molar-refractivity contribution in [3.05, 3.63) is 18.3 Å². The molecule has 7 heteroatoms. The van der Waals surface area contributed by atoms with Gasteiger partial charge in [0.25, 0.3) is 0 Å². The summed E-state index contributed by atoms with van der Waals surface area (Å²) < 4.78 is 31.3. The summed E-state index contributed by atoms with van der Waals surface area (Å²) in [5, 5.41) is 3.15. The van der Waals surface area contributed by atoms with Gasteiger partial charge in [-0.05, 0) is 32.0 Å². The van der Waals surface area contributed by atoms with Crippen LogP contribution in [0.1, 0.15) is 38.5 Å². The molecule has 0 saturated heterocycles. The molecule has 0 radical (unpaired) electrons. The first-order valence-electron chi connectivity index (χ1n) is 7.87. The van der Waals surface area contributed by atoms with Crippen molar-refractivity contribution in [2.24, 2.45) is 0 Å². The number of anilines is 1. The van der Waals surface area contributed by atoms with Crippen LogP contribution in [0.5, 0.6) is 0 Å². The molecule has 2 N–H and O–H groups in total. The van der Waals surface area contributed by atoms with Crippen LogP contribution in [-0.2, 0) is 14.8 Å². The van der Waals surface area contributed by atoms with Crippen LogP contribution in [0.4, 0.5) is 5.82 Å². The zero-order valence-electron chi connectivity index (χ0n) is 13.0. The molecule has 0 bridgehead atoms. The largest absolute Gasteiger partial charge is 0.376 e. The number of hydrogen-bond donors (Lipinski definition) is 2. The molecule has 0 aliphatic heterocycles. The van der Waals surface area contributed by atoms with E-state index >= 15 is 0 Å². The van der Waals surface area contributed by atoms with Gasteiger partial charge < -0.3 is 10.1 Å². The van der Waals surface area contributed by atoms with Crippen molar-refractivity contribution in [1.82, 2.24) is 9.71 Å². The molecule has 0 spiro atoms. The Morgan fingerprint density at radius 1 is 1.23 bits per heavy atom. The summed E-state index contributed by atoms with van der Waals surface area (Å²) in [7, 11) is -2.04. The van der Waals surface area contributed by atoms with Crippen LogP contribution in [0.3, 0.4) is 0 Å². The van der Waals surface area contributed by atoms with Gasteiger partial charge in [0.15, 0.2) is 0 Å². The number of hydrogen-bond acceptors (Lipinski definition) is 5. The van der Waals surface area contributed by atoms with E-state index in [9.17, 15) is 8.42 Å². The molecule has 1 aromatic heterocycles. The standard InChI is InChI=1S/C15H25N3O3S/c1-16-22(19,20)14-8-9-15(18-12-14)17-10-11-21-13-6-4-2-3-5-7-13/h8-9,12-13,16H,2-7,10-11H2,1H3,(H,17,18). The first-order chi connectivity index (χ1) is 10.6. The zero-order valence-corrected chi connectivity index (χ0v) is 13.9. The van der Waals surface area contributed by atoms with Crippen molar-refractivity contribution in [2.75, 3.05) is 25.5 Å². The molecule has 1 heterocycles. The van der Waals surface area contributed by atoms with E-state index in [1.54, 1.807) is 6.07 Å². The zero-order chi connectivity index (χ0) is 15.8. The smallest absolute Gasteiger partial charge is 0.241 e. The van der Waals surface area contributed by atoms with Crippen molar-refractivity contribution < 1.29 is 13.2 Å². The quantitative estimate of drug-likeness (QED) is 0.592. The molecular formula is C15H25N3O3S. The first kappa shape index (κ1) is 17.2. The van der Waals surface area contributed by atoms with E-state index in [2.05, 4.69) is 15.0 Å². The van der Waals surface area contributed by atoms with Gasteiger partial charge in [0, 0.05) is 12.7 Å². The van der Waals surface area contributed by atoms with E-state index in [-0.39, 0.29) is 4.90 Å². The van der Waals surface area contributed by atoms with Gasteiger partial charge in [-0.25, -0.2) is 18.1 Å². The minimum atomic E-state index is -3.42. The summed E-state index contributed by atoms with van der Waals surface area (Å²) in [6.07, 6.45) is 9.24. The lowest BCUT2D eigenvalue weighted by Gasteiger charge is -2.15. The van der Waals surface area contributed by atoms with Crippen LogP contribution >= 0.6 is 0 Å². The highest BCUT2D eigenvalue weighted by atomic mass is 32.2. The minimum Gasteiger partial charge on any atom is -0.376 e. The monoisotopic (exact) mass is 327 g/mol. The topological polar surface area (TPSA) is 80.3 Å². The second kappa shape index (κ2) is 8.45. The Balaban J connectivity index is 1.73. The third-order valence-electron chi connectivity index (χ3n) is 3.88. The summed E-state index contributed by atoms with van der Waals surface area (Å²) >= 11 is 0. The van der Waals surface area contributed by atoms with Crippen LogP contribution in [0.25, 0.3) is 0 Å². The number of sulfonamides is 1. The fourth-order valence-electron chi connectivity index (χ4n) is 2.57. The van der Waals surface area contributed by atoms with E-state index in [4.69, 9.17) is 4.74 Å². The Morgan fingerprint density at radius 2 is 1.95 bits per heavy atom. The molecule has 1 aromatic rings. The molecule has 0 unspecified atom stereocenters. The number of nitrogens with zero attached hydrogens (tertiary/aromatic N) is 1. The Labute approximate surface area is 132 Å². The average Bonchev–Trinajstić information content (AvgIpc) is 2.81. The summed E-state index contributed by atoms with van der Waals surface area (Å²) in [4.78, 5) is 4.27. The molecule has 0 amide bonds. The van der Waals surface area contributed by atoms with E-state index in [1.165, 1.54) is 45.0 Å². The number of pyridine rings is 1. The van der Waals surface area contributed by atoms with Crippen molar-refractivity contribution in [3.8, 4) is 0 Å². The fourth-order valence-corrected chi connectivity index (χ4v) is 3.25. The second-order valence-electron chi connectivity index (χ2n) is 5.50. The van der Waals surface area contributed by atoms with Crippen molar-refractivity contribution in [3.63, 3.8) is 0 Å². The SMILES string of the molecule is CNS(=O)(=O)c1ccc(NCCOC2CCCCCC2)nc1. The van der Waals surface area contributed by atoms with E-state index in [1.807, 2.05) is 0 Å². The molecule has 0 aromatic carbocycles. The summed E-state index contributed by atoms with van der Waals surface area (Å²) in [6, 6.07) is 3.20. The predicted octanol–water partition coefficient (Wildman–Crippen LogP) is 2.14. The van der Waals surface area contributed by atoms with Crippen molar-refractivity contribution in [1.29, 1.82) is 0 Å². The average molecular weight is 327 g/mol. The lowest BCUT2D eigenvalue weighted by molar-refractivity contribution is 0.0501. The van der Waals surface area contributed by atoms with Crippen LogP contribution in [-0.4, -0.2) is 39.7 Å². The maximum atomic E-state index is 11.6. The third-order valence-corrected chi connectivity index (χ3v) is 5.28. The highest BCUT2D eigenvalue weighted by Gasteiger charge is 2.13. The van der Waals surface area contributed by atoms with Gasteiger partial charge >= 0.3 is 0 Å². The normalized spacial score (nSPS) is 17.1.